The minimum atomic E-state index is -1.01. The summed E-state index contributed by atoms with van der Waals surface area (Å²) < 4.78 is 5.67. The Bertz CT molecular complexity index is 1020. The van der Waals surface area contributed by atoms with Crippen LogP contribution in [0.3, 0.4) is 0 Å². The van der Waals surface area contributed by atoms with E-state index in [4.69, 9.17) is 4.74 Å². The van der Waals surface area contributed by atoms with Crippen molar-refractivity contribution in [2.45, 2.75) is 69.9 Å². The lowest BCUT2D eigenvalue weighted by Gasteiger charge is -2.22. The molecule has 4 rings (SSSR count). The average Bonchev–Trinajstić information content (AvgIpc) is 3.42. The Kier molecular flexibility index (Phi) is 8.06. The van der Waals surface area contributed by atoms with Gasteiger partial charge >= 0.3 is 12.1 Å². The average molecular weight is 479 g/mol. The summed E-state index contributed by atoms with van der Waals surface area (Å²) in [6.07, 6.45) is 4.25. The Hall–Kier alpha value is -3.35. The Labute approximate surface area is 206 Å². The molecule has 0 aliphatic heterocycles. The van der Waals surface area contributed by atoms with E-state index in [0.717, 1.165) is 43.2 Å². The van der Waals surface area contributed by atoms with E-state index in [0.29, 0.717) is 6.42 Å². The second kappa shape index (κ2) is 11.4. The number of ether oxygens (including phenoxy) is 1. The van der Waals surface area contributed by atoms with Crippen molar-refractivity contribution in [2.24, 2.45) is 5.92 Å². The number of nitrogens with one attached hydrogen (secondary N) is 2. The Morgan fingerprint density at radius 2 is 1.69 bits per heavy atom. The summed E-state index contributed by atoms with van der Waals surface area (Å²) >= 11 is 0. The highest BCUT2D eigenvalue weighted by molar-refractivity contribution is 5.83. The van der Waals surface area contributed by atoms with Gasteiger partial charge in [-0.15, -0.1) is 0 Å². The normalized spacial score (nSPS) is 19.5. The van der Waals surface area contributed by atoms with Gasteiger partial charge in [-0.1, -0.05) is 74.7 Å². The minimum Gasteiger partial charge on any atom is -0.480 e. The lowest BCUT2D eigenvalue weighted by Crippen LogP contribution is -2.44. The summed E-state index contributed by atoms with van der Waals surface area (Å²) in [6, 6.07) is 15.4. The van der Waals surface area contributed by atoms with Gasteiger partial charge in [-0.05, 0) is 47.4 Å². The van der Waals surface area contributed by atoms with E-state index in [1.165, 1.54) is 11.1 Å². The third-order valence-corrected chi connectivity index (χ3v) is 7.23. The summed E-state index contributed by atoms with van der Waals surface area (Å²) in [7, 11) is 0. The van der Waals surface area contributed by atoms with Crippen LogP contribution in [0.5, 0.6) is 0 Å². The van der Waals surface area contributed by atoms with Crippen LogP contribution in [0.2, 0.25) is 0 Å². The topological polar surface area (TPSA) is 105 Å². The van der Waals surface area contributed by atoms with Gasteiger partial charge in [0.15, 0.2) is 0 Å². The minimum absolute atomic E-state index is 0.00521. The van der Waals surface area contributed by atoms with E-state index in [1.54, 1.807) is 0 Å². The van der Waals surface area contributed by atoms with E-state index in [2.05, 4.69) is 34.9 Å². The number of fused-ring (bicyclic) bond motifs is 3. The zero-order chi connectivity index (χ0) is 24.8. The first-order valence-electron chi connectivity index (χ1n) is 12.6. The zero-order valence-electron chi connectivity index (χ0n) is 20.2. The Morgan fingerprint density at radius 1 is 1.03 bits per heavy atom. The van der Waals surface area contributed by atoms with E-state index >= 15 is 0 Å². The second-order valence-corrected chi connectivity index (χ2v) is 9.57. The fraction of sp³-hybridized carbons (Fsp3) is 0.464. The molecule has 186 valence electrons. The highest BCUT2D eigenvalue weighted by atomic mass is 16.5. The molecule has 2 aliphatic rings. The molecule has 2 amide bonds. The SMILES string of the molecule is CCCCC(NC(=O)C[C@@H]1CCC[C@H]1NC(=O)OCC1c2ccccc2-c2ccccc21)C(=O)O. The van der Waals surface area contributed by atoms with Gasteiger partial charge < -0.3 is 20.5 Å². The number of carboxylic acids is 1. The number of benzene rings is 2. The molecular weight excluding hydrogens is 444 g/mol. The maximum absolute atomic E-state index is 12.7. The van der Waals surface area contributed by atoms with Crippen molar-refractivity contribution in [1.29, 1.82) is 0 Å². The summed E-state index contributed by atoms with van der Waals surface area (Å²) in [5, 5.41) is 15.0. The van der Waals surface area contributed by atoms with Crippen molar-refractivity contribution in [1.82, 2.24) is 10.6 Å². The van der Waals surface area contributed by atoms with Crippen LogP contribution in [-0.4, -0.2) is 41.8 Å². The number of carbonyl (C=O) groups is 3. The van der Waals surface area contributed by atoms with Gasteiger partial charge in [0.05, 0.1) is 0 Å². The lowest BCUT2D eigenvalue weighted by atomic mass is 9.98. The molecule has 2 aromatic rings. The van der Waals surface area contributed by atoms with Crippen molar-refractivity contribution >= 4 is 18.0 Å². The smallest absolute Gasteiger partial charge is 0.407 e. The molecule has 3 N–H and O–H groups in total. The van der Waals surface area contributed by atoms with Gasteiger partial charge in [0, 0.05) is 18.4 Å². The molecular formula is C28H34N2O5. The van der Waals surface area contributed by atoms with Gasteiger partial charge in [0.25, 0.3) is 0 Å². The van der Waals surface area contributed by atoms with Crippen molar-refractivity contribution in [3.8, 4) is 11.1 Å². The van der Waals surface area contributed by atoms with Crippen molar-refractivity contribution in [3.05, 3.63) is 59.7 Å². The number of hydrogen-bond donors (Lipinski definition) is 3. The predicted molar refractivity (Wildman–Crippen MR) is 133 cm³/mol. The van der Waals surface area contributed by atoms with Crippen molar-refractivity contribution < 1.29 is 24.2 Å². The van der Waals surface area contributed by atoms with Crippen LogP contribution >= 0.6 is 0 Å². The first kappa shape index (κ1) is 24.8. The van der Waals surface area contributed by atoms with Crippen LogP contribution < -0.4 is 10.6 Å². The number of carbonyl (C=O) groups excluding carboxylic acids is 2. The lowest BCUT2D eigenvalue weighted by molar-refractivity contribution is -0.142. The first-order valence-corrected chi connectivity index (χ1v) is 12.6. The molecule has 0 spiro atoms. The standard InChI is InChI=1S/C28H34N2O5/c1-2-3-14-25(27(32)33)29-26(31)16-18-9-8-15-24(18)30-28(34)35-17-23-21-12-6-4-10-19(21)20-11-5-7-13-22(20)23/h4-7,10-13,18,23-25H,2-3,8-9,14-17H2,1H3,(H,29,31)(H,30,34)(H,32,33)/t18-,24+,25?/m0/s1. The van der Waals surface area contributed by atoms with Crippen LogP contribution in [-0.2, 0) is 14.3 Å². The van der Waals surface area contributed by atoms with Crippen molar-refractivity contribution in [3.63, 3.8) is 0 Å². The van der Waals surface area contributed by atoms with Crippen LogP contribution in [0.1, 0.15) is 68.9 Å². The molecule has 0 heterocycles. The zero-order valence-corrected chi connectivity index (χ0v) is 20.2. The number of unbranched alkanes of at least 4 members (excludes halogenated alkanes) is 1. The van der Waals surface area contributed by atoms with Crippen LogP contribution in [0.25, 0.3) is 11.1 Å². The molecule has 35 heavy (non-hydrogen) atoms. The molecule has 2 aromatic carbocycles. The fourth-order valence-corrected chi connectivity index (χ4v) is 5.42. The van der Waals surface area contributed by atoms with Crippen LogP contribution in [0.15, 0.2) is 48.5 Å². The fourth-order valence-electron chi connectivity index (χ4n) is 5.42. The van der Waals surface area contributed by atoms with Crippen molar-refractivity contribution in [2.75, 3.05) is 6.61 Å². The molecule has 7 heteroatoms. The first-order chi connectivity index (χ1) is 17.0. The molecule has 2 aliphatic carbocycles. The van der Waals surface area contributed by atoms with Gasteiger partial charge in [-0.2, -0.15) is 0 Å². The molecule has 1 fully saturated rings. The maximum atomic E-state index is 12.7. The predicted octanol–water partition coefficient (Wildman–Crippen LogP) is 4.84. The van der Waals surface area contributed by atoms with E-state index in [1.807, 2.05) is 31.2 Å². The molecule has 0 aromatic heterocycles. The Morgan fingerprint density at radius 3 is 2.31 bits per heavy atom. The summed E-state index contributed by atoms with van der Waals surface area (Å²) in [5.74, 6) is -1.32. The number of amides is 2. The third kappa shape index (κ3) is 5.84. The van der Waals surface area contributed by atoms with E-state index < -0.39 is 18.1 Å². The molecule has 0 radical (unpaired) electrons. The summed E-state index contributed by atoms with van der Waals surface area (Å²) in [5.41, 5.74) is 4.68. The quantitative estimate of drug-likeness (QED) is 0.453. The number of alkyl carbamates (subject to hydrolysis) is 1. The number of rotatable bonds is 10. The maximum Gasteiger partial charge on any atom is 0.407 e. The molecule has 0 bridgehead atoms. The van der Waals surface area contributed by atoms with Crippen LogP contribution in [0.4, 0.5) is 4.79 Å². The van der Waals surface area contributed by atoms with E-state index in [9.17, 15) is 19.5 Å². The molecule has 7 nitrogen and oxygen atoms in total. The van der Waals surface area contributed by atoms with Gasteiger partial charge in [0.1, 0.15) is 12.6 Å². The monoisotopic (exact) mass is 478 g/mol. The third-order valence-electron chi connectivity index (χ3n) is 7.23. The largest absolute Gasteiger partial charge is 0.480 e. The number of hydrogen-bond acceptors (Lipinski definition) is 4. The molecule has 1 unspecified atom stereocenters. The summed E-state index contributed by atoms with van der Waals surface area (Å²) in [6.45, 7) is 2.23. The second-order valence-electron chi connectivity index (χ2n) is 9.57. The molecule has 1 saturated carbocycles. The number of aliphatic carboxylic acids is 1. The highest BCUT2D eigenvalue weighted by Gasteiger charge is 2.33. The van der Waals surface area contributed by atoms with Crippen LogP contribution in [0, 0.1) is 5.92 Å². The Balaban J connectivity index is 1.30. The van der Waals surface area contributed by atoms with Gasteiger partial charge in [-0.3, -0.25) is 4.79 Å². The van der Waals surface area contributed by atoms with E-state index in [-0.39, 0.29) is 36.8 Å². The highest BCUT2D eigenvalue weighted by Crippen LogP contribution is 2.44. The number of carboxylic acid groups (broad SMARTS) is 1. The molecule has 0 saturated heterocycles. The van der Waals surface area contributed by atoms with Gasteiger partial charge in [0.2, 0.25) is 5.91 Å². The van der Waals surface area contributed by atoms with Gasteiger partial charge in [-0.25, -0.2) is 9.59 Å². The summed E-state index contributed by atoms with van der Waals surface area (Å²) in [4.78, 5) is 36.6. The molecule has 3 atom stereocenters.